The maximum atomic E-state index is 9.86. The van der Waals surface area contributed by atoms with Crippen LogP contribution in [-0.4, -0.2) is 11.2 Å². The second-order valence-electron chi connectivity index (χ2n) is 5.36. The van der Waals surface area contributed by atoms with Gasteiger partial charge in [-0.15, -0.1) is 0 Å². The van der Waals surface area contributed by atoms with Crippen LogP contribution in [0, 0.1) is 23.2 Å². The van der Waals surface area contributed by atoms with Gasteiger partial charge in [0.05, 0.1) is 0 Å². The van der Waals surface area contributed by atoms with Crippen LogP contribution in [0.15, 0.2) is 0 Å². The highest BCUT2D eigenvalue weighted by Crippen LogP contribution is 2.26. The summed E-state index contributed by atoms with van der Waals surface area (Å²) in [6.07, 6.45) is 5.77. The molecule has 0 aromatic carbocycles. The largest absolute Gasteiger partial charge is 0.380 e. The molecule has 0 spiro atoms. The molecule has 0 aromatic rings. The molecule has 0 radical (unpaired) electrons. The van der Waals surface area contributed by atoms with Crippen LogP contribution < -0.4 is 0 Å². The van der Waals surface area contributed by atoms with Gasteiger partial charge in [-0.2, -0.15) is 0 Å². The summed E-state index contributed by atoms with van der Waals surface area (Å²) in [5.74, 6) is 6.55. The Morgan fingerprint density at radius 2 is 1.71 bits per heavy atom. The molecule has 14 heavy (non-hydrogen) atoms. The number of hydrogen-bond acceptors (Lipinski definition) is 1. The monoisotopic (exact) mass is 194 g/mol. The molecule has 0 bridgehead atoms. The minimum absolute atomic E-state index is 0.00957. The molecule has 1 nitrogen and oxygen atoms in total. The van der Waals surface area contributed by atoms with Gasteiger partial charge in [-0.3, -0.25) is 0 Å². The smallest absolute Gasteiger partial charge is 0.117 e. The Kier molecular flexibility index (Phi) is 4.01. The third-order valence-corrected chi connectivity index (χ3v) is 2.69. The second-order valence-corrected chi connectivity index (χ2v) is 5.36. The third kappa shape index (κ3) is 4.15. The van der Waals surface area contributed by atoms with Crippen LogP contribution in [0.1, 0.15) is 52.9 Å². The highest BCUT2D eigenvalue weighted by Gasteiger charge is 2.20. The van der Waals surface area contributed by atoms with Crippen molar-refractivity contribution in [1.82, 2.24) is 0 Å². The summed E-state index contributed by atoms with van der Waals surface area (Å²) in [6.45, 7) is 6.23. The van der Waals surface area contributed by atoms with Gasteiger partial charge in [0, 0.05) is 5.41 Å². The van der Waals surface area contributed by atoms with Crippen LogP contribution in [0.4, 0.5) is 0 Å². The van der Waals surface area contributed by atoms with Crippen molar-refractivity contribution >= 4 is 0 Å². The summed E-state index contributed by atoms with van der Waals surface area (Å²) >= 11 is 0. The van der Waals surface area contributed by atoms with E-state index in [4.69, 9.17) is 0 Å². The molecule has 1 rings (SSSR count). The SMILES string of the molecule is CC(C)(C)C#CC(O)C1CCCCC1. The van der Waals surface area contributed by atoms with Gasteiger partial charge in [-0.1, -0.05) is 31.1 Å². The molecule has 1 N–H and O–H groups in total. The molecule has 0 amide bonds. The van der Waals surface area contributed by atoms with E-state index in [-0.39, 0.29) is 5.41 Å². The number of aliphatic hydroxyl groups excluding tert-OH is 1. The van der Waals surface area contributed by atoms with Crippen LogP contribution in [0.5, 0.6) is 0 Å². The van der Waals surface area contributed by atoms with Gasteiger partial charge in [0.1, 0.15) is 6.10 Å². The van der Waals surface area contributed by atoms with Gasteiger partial charge in [-0.05, 0) is 39.5 Å². The molecule has 1 aliphatic carbocycles. The van der Waals surface area contributed by atoms with Crippen LogP contribution in [0.2, 0.25) is 0 Å². The summed E-state index contributed by atoms with van der Waals surface area (Å²) in [7, 11) is 0. The number of hydrogen-bond donors (Lipinski definition) is 1. The van der Waals surface area contributed by atoms with Gasteiger partial charge in [0.25, 0.3) is 0 Å². The van der Waals surface area contributed by atoms with Crippen LogP contribution in [0.25, 0.3) is 0 Å². The van der Waals surface area contributed by atoms with E-state index in [2.05, 4.69) is 32.6 Å². The molecule has 1 aliphatic rings. The molecule has 1 fully saturated rings. The third-order valence-electron chi connectivity index (χ3n) is 2.69. The molecular formula is C13H22O. The van der Waals surface area contributed by atoms with Crippen molar-refractivity contribution in [3.63, 3.8) is 0 Å². The maximum absolute atomic E-state index is 9.86. The first-order valence-electron chi connectivity index (χ1n) is 5.70. The molecule has 1 unspecified atom stereocenters. The Bertz CT molecular complexity index is 220. The van der Waals surface area contributed by atoms with Crippen molar-refractivity contribution in [3.8, 4) is 11.8 Å². The van der Waals surface area contributed by atoms with E-state index in [1.165, 1.54) is 19.3 Å². The number of aliphatic hydroxyl groups is 1. The first-order valence-corrected chi connectivity index (χ1v) is 5.70. The normalized spacial score (nSPS) is 21.1. The lowest BCUT2D eigenvalue weighted by Gasteiger charge is -2.23. The number of rotatable bonds is 1. The van der Waals surface area contributed by atoms with Crippen molar-refractivity contribution in [3.05, 3.63) is 0 Å². The highest BCUT2D eigenvalue weighted by molar-refractivity contribution is 5.12. The first-order chi connectivity index (χ1) is 6.49. The van der Waals surface area contributed by atoms with Gasteiger partial charge in [0.15, 0.2) is 0 Å². The maximum Gasteiger partial charge on any atom is 0.117 e. The van der Waals surface area contributed by atoms with E-state index in [9.17, 15) is 5.11 Å². The fourth-order valence-electron chi connectivity index (χ4n) is 1.86. The average Bonchev–Trinajstić information content (AvgIpc) is 2.14. The summed E-state index contributed by atoms with van der Waals surface area (Å²) in [6, 6.07) is 0. The van der Waals surface area contributed by atoms with Crippen LogP contribution in [-0.2, 0) is 0 Å². The molecule has 0 aliphatic heterocycles. The Hall–Kier alpha value is -0.480. The topological polar surface area (TPSA) is 20.2 Å². The molecule has 1 saturated carbocycles. The van der Waals surface area contributed by atoms with Crippen LogP contribution >= 0.6 is 0 Å². The molecule has 1 atom stereocenters. The Morgan fingerprint density at radius 1 is 1.14 bits per heavy atom. The molecule has 80 valence electrons. The van der Waals surface area contributed by atoms with Gasteiger partial charge >= 0.3 is 0 Å². The van der Waals surface area contributed by atoms with Crippen molar-refractivity contribution in [2.45, 2.75) is 59.0 Å². The Balaban J connectivity index is 2.46. The van der Waals surface area contributed by atoms with Crippen molar-refractivity contribution in [2.24, 2.45) is 11.3 Å². The fourth-order valence-corrected chi connectivity index (χ4v) is 1.86. The van der Waals surface area contributed by atoms with E-state index in [0.717, 1.165) is 12.8 Å². The predicted octanol–water partition coefficient (Wildman–Crippen LogP) is 2.98. The van der Waals surface area contributed by atoms with Crippen molar-refractivity contribution < 1.29 is 5.11 Å². The molecule has 0 saturated heterocycles. The predicted molar refractivity (Wildman–Crippen MR) is 59.8 cm³/mol. The van der Waals surface area contributed by atoms with Gasteiger partial charge in [-0.25, -0.2) is 0 Å². The molecular weight excluding hydrogens is 172 g/mol. The zero-order valence-corrected chi connectivity index (χ0v) is 9.64. The summed E-state index contributed by atoms with van der Waals surface area (Å²) < 4.78 is 0. The lowest BCUT2D eigenvalue weighted by Crippen LogP contribution is -2.21. The highest BCUT2D eigenvalue weighted by atomic mass is 16.3. The van der Waals surface area contributed by atoms with E-state index in [0.29, 0.717) is 5.92 Å². The zero-order valence-electron chi connectivity index (χ0n) is 9.64. The van der Waals surface area contributed by atoms with Gasteiger partial charge in [0.2, 0.25) is 0 Å². The summed E-state index contributed by atoms with van der Waals surface area (Å²) in [4.78, 5) is 0. The quantitative estimate of drug-likeness (QED) is 0.636. The van der Waals surface area contributed by atoms with Gasteiger partial charge < -0.3 is 5.11 Å². The van der Waals surface area contributed by atoms with Crippen molar-refractivity contribution in [2.75, 3.05) is 0 Å². The summed E-state index contributed by atoms with van der Waals surface area (Å²) in [5, 5.41) is 9.86. The van der Waals surface area contributed by atoms with E-state index in [1.807, 2.05) is 0 Å². The molecule has 1 heteroatoms. The minimum atomic E-state index is -0.394. The lowest BCUT2D eigenvalue weighted by molar-refractivity contribution is 0.132. The van der Waals surface area contributed by atoms with E-state index in [1.54, 1.807) is 0 Å². The van der Waals surface area contributed by atoms with Crippen LogP contribution in [0.3, 0.4) is 0 Å². The van der Waals surface area contributed by atoms with E-state index >= 15 is 0 Å². The Morgan fingerprint density at radius 3 is 2.21 bits per heavy atom. The second kappa shape index (κ2) is 4.84. The molecule has 0 heterocycles. The lowest BCUT2D eigenvalue weighted by atomic mass is 9.85. The standard InChI is InChI=1S/C13H22O/c1-13(2,3)10-9-12(14)11-7-5-4-6-8-11/h11-12,14H,4-8H2,1-3H3. The van der Waals surface area contributed by atoms with Crippen molar-refractivity contribution in [1.29, 1.82) is 0 Å². The average molecular weight is 194 g/mol. The zero-order chi connectivity index (χ0) is 10.6. The fraction of sp³-hybridized carbons (Fsp3) is 0.846. The van der Waals surface area contributed by atoms with E-state index < -0.39 is 6.10 Å². The minimum Gasteiger partial charge on any atom is -0.380 e. The summed E-state index contributed by atoms with van der Waals surface area (Å²) in [5.41, 5.74) is 0.00957. The molecule has 0 aromatic heterocycles. The first kappa shape index (κ1) is 11.6. The Labute approximate surface area is 87.9 Å².